The highest BCUT2D eigenvalue weighted by Gasteiger charge is 2.21. The Morgan fingerprint density at radius 2 is 2.13 bits per heavy atom. The van der Waals surface area contributed by atoms with Gasteiger partial charge in [0.15, 0.2) is 0 Å². The first-order chi connectivity index (χ1) is 11.0. The van der Waals surface area contributed by atoms with Crippen LogP contribution in [-0.2, 0) is 4.79 Å². The number of carboxylic acid groups (broad SMARTS) is 1. The molecular weight excluding hydrogens is 319 g/mol. The molecule has 2 aromatic rings. The Bertz CT molecular complexity index is 702. The van der Waals surface area contributed by atoms with E-state index in [0.29, 0.717) is 23.4 Å². The second-order valence-corrected chi connectivity index (χ2v) is 6.05. The first-order valence-corrected chi connectivity index (χ1v) is 8.09. The van der Waals surface area contributed by atoms with Gasteiger partial charge in [0.2, 0.25) is 0 Å². The fraction of sp³-hybridized carbons (Fsp3) is 0.312. The van der Waals surface area contributed by atoms with Crippen LogP contribution in [0.4, 0.5) is 4.39 Å². The maximum atomic E-state index is 13.7. The van der Waals surface area contributed by atoms with Gasteiger partial charge in [0, 0.05) is 5.56 Å². The number of amides is 1. The monoisotopic (exact) mass is 336 g/mol. The van der Waals surface area contributed by atoms with Crippen LogP contribution < -0.4 is 5.32 Å². The average molecular weight is 336 g/mol. The smallest absolute Gasteiger partial charge is 0.326 e. The van der Waals surface area contributed by atoms with Crippen molar-refractivity contribution >= 4 is 23.2 Å². The van der Waals surface area contributed by atoms with Crippen LogP contribution in [0.25, 0.3) is 10.6 Å². The van der Waals surface area contributed by atoms with E-state index in [0.717, 1.165) is 17.8 Å². The molecule has 1 atom stereocenters. The highest BCUT2D eigenvalue weighted by molar-refractivity contribution is 7.16. The highest BCUT2D eigenvalue weighted by atomic mass is 32.1. The van der Waals surface area contributed by atoms with E-state index >= 15 is 0 Å². The Hall–Kier alpha value is -2.28. The lowest BCUT2D eigenvalue weighted by Gasteiger charge is -2.12. The molecule has 2 rings (SSSR count). The van der Waals surface area contributed by atoms with E-state index in [-0.39, 0.29) is 4.88 Å². The molecule has 0 aliphatic carbocycles. The van der Waals surface area contributed by atoms with Crippen LogP contribution in [-0.4, -0.2) is 28.0 Å². The van der Waals surface area contributed by atoms with Gasteiger partial charge in [-0.05, 0) is 18.6 Å². The molecule has 1 heterocycles. The summed E-state index contributed by atoms with van der Waals surface area (Å²) in [5.41, 5.74) is 0.317. The SMILES string of the molecule is CCCCC(NC(=O)c1cnc(-c2ccccc2F)s1)C(=O)O. The average Bonchev–Trinajstić information content (AvgIpc) is 3.01. The number of unbranched alkanes of at least 4 members (excludes halogenated alkanes) is 1. The second kappa shape index (κ2) is 7.82. The molecule has 0 aliphatic heterocycles. The van der Waals surface area contributed by atoms with Gasteiger partial charge in [0.1, 0.15) is 21.7 Å². The zero-order valence-corrected chi connectivity index (χ0v) is 13.4. The number of carbonyl (C=O) groups excluding carboxylic acids is 1. The summed E-state index contributed by atoms with van der Waals surface area (Å²) in [7, 11) is 0. The summed E-state index contributed by atoms with van der Waals surface area (Å²) < 4.78 is 13.7. The number of thiazole rings is 1. The molecule has 1 aromatic heterocycles. The van der Waals surface area contributed by atoms with Crippen molar-refractivity contribution in [3.8, 4) is 10.6 Å². The highest BCUT2D eigenvalue weighted by Crippen LogP contribution is 2.27. The first kappa shape index (κ1) is 17.1. The zero-order chi connectivity index (χ0) is 16.8. The first-order valence-electron chi connectivity index (χ1n) is 7.27. The van der Waals surface area contributed by atoms with Crippen LogP contribution >= 0.6 is 11.3 Å². The molecule has 1 aromatic carbocycles. The van der Waals surface area contributed by atoms with Crippen molar-refractivity contribution in [2.75, 3.05) is 0 Å². The fourth-order valence-electron chi connectivity index (χ4n) is 2.03. The molecule has 7 heteroatoms. The molecule has 0 aliphatic rings. The van der Waals surface area contributed by atoms with E-state index in [4.69, 9.17) is 5.11 Å². The molecule has 0 bridgehead atoms. The molecule has 0 radical (unpaired) electrons. The summed E-state index contributed by atoms with van der Waals surface area (Å²) in [6, 6.07) is 5.23. The van der Waals surface area contributed by atoms with Gasteiger partial charge in [-0.25, -0.2) is 14.2 Å². The number of carbonyl (C=O) groups is 2. The standard InChI is InChI=1S/C16H17FN2O3S/c1-2-3-8-12(16(21)22)19-14(20)13-9-18-15(23-13)10-6-4-5-7-11(10)17/h4-7,9,12H,2-3,8H2,1H3,(H,19,20)(H,21,22). The Kier molecular flexibility index (Phi) is 5.81. The quantitative estimate of drug-likeness (QED) is 0.813. The van der Waals surface area contributed by atoms with Crippen LogP contribution in [0.1, 0.15) is 35.9 Å². The van der Waals surface area contributed by atoms with Crippen LogP contribution in [0.2, 0.25) is 0 Å². The van der Waals surface area contributed by atoms with Crippen molar-refractivity contribution in [2.24, 2.45) is 0 Å². The van der Waals surface area contributed by atoms with E-state index in [1.165, 1.54) is 12.3 Å². The molecule has 0 spiro atoms. The number of hydrogen-bond donors (Lipinski definition) is 2. The van der Waals surface area contributed by atoms with Crippen molar-refractivity contribution in [2.45, 2.75) is 32.2 Å². The molecular formula is C16H17FN2O3S. The van der Waals surface area contributed by atoms with Crippen molar-refractivity contribution in [1.82, 2.24) is 10.3 Å². The molecule has 0 saturated carbocycles. The molecule has 1 unspecified atom stereocenters. The summed E-state index contributed by atoms with van der Waals surface area (Å²) in [4.78, 5) is 27.6. The van der Waals surface area contributed by atoms with Crippen molar-refractivity contribution in [1.29, 1.82) is 0 Å². The third kappa shape index (κ3) is 4.35. The van der Waals surface area contributed by atoms with E-state index in [9.17, 15) is 14.0 Å². The molecule has 5 nitrogen and oxygen atoms in total. The number of nitrogens with zero attached hydrogens (tertiary/aromatic N) is 1. The van der Waals surface area contributed by atoms with Gasteiger partial charge < -0.3 is 10.4 Å². The van der Waals surface area contributed by atoms with Crippen LogP contribution in [0, 0.1) is 5.82 Å². The number of rotatable bonds is 7. The minimum absolute atomic E-state index is 0.256. The lowest BCUT2D eigenvalue weighted by atomic mass is 10.1. The van der Waals surface area contributed by atoms with E-state index in [2.05, 4.69) is 10.3 Å². The molecule has 122 valence electrons. The number of nitrogens with one attached hydrogen (secondary N) is 1. The number of carboxylic acids is 1. The largest absolute Gasteiger partial charge is 0.480 e. The van der Waals surface area contributed by atoms with Gasteiger partial charge in [0.25, 0.3) is 5.91 Å². The Balaban J connectivity index is 2.12. The zero-order valence-electron chi connectivity index (χ0n) is 12.6. The third-order valence-electron chi connectivity index (χ3n) is 3.28. The van der Waals surface area contributed by atoms with Gasteiger partial charge in [0.05, 0.1) is 6.20 Å². The number of aromatic nitrogens is 1. The summed E-state index contributed by atoms with van der Waals surface area (Å²) in [5.74, 6) is -1.99. The topological polar surface area (TPSA) is 79.3 Å². The van der Waals surface area contributed by atoms with Gasteiger partial charge in [-0.2, -0.15) is 0 Å². The predicted octanol–water partition coefficient (Wildman–Crippen LogP) is 3.32. The van der Waals surface area contributed by atoms with Crippen molar-refractivity contribution in [3.05, 3.63) is 41.2 Å². The molecule has 1 amide bonds. The predicted molar refractivity (Wildman–Crippen MR) is 85.9 cm³/mol. The van der Waals surface area contributed by atoms with Crippen LogP contribution in [0.15, 0.2) is 30.5 Å². The molecule has 0 fully saturated rings. The Morgan fingerprint density at radius 3 is 2.78 bits per heavy atom. The van der Waals surface area contributed by atoms with Crippen LogP contribution in [0.5, 0.6) is 0 Å². The normalized spacial score (nSPS) is 11.9. The molecule has 0 saturated heterocycles. The van der Waals surface area contributed by atoms with Gasteiger partial charge in [-0.1, -0.05) is 31.9 Å². The van der Waals surface area contributed by atoms with Gasteiger partial charge >= 0.3 is 5.97 Å². The van der Waals surface area contributed by atoms with Gasteiger partial charge in [-0.3, -0.25) is 4.79 Å². The number of aliphatic carboxylic acids is 1. The maximum absolute atomic E-state index is 13.7. The summed E-state index contributed by atoms with van der Waals surface area (Å²) in [6.07, 6.45) is 3.26. The van der Waals surface area contributed by atoms with Gasteiger partial charge in [-0.15, -0.1) is 11.3 Å². The number of halogens is 1. The lowest BCUT2D eigenvalue weighted by molar-refractivity contribution is -0.139. The Morgan fingerprint density at radius 1 is 1.39 bits per heavy atom. The minimum atomic E-state index is -1.06. The second-order valence-electron chi connectivity index (χ2n) is 5.02. The fourth-order valence-corrected chi connectivity index (χ4v) is 2.88. The third-order valence-corrected chi connectivity index (χ3v) is 4.31. The van der Waals surface area contributed by atoms with Crippen molar-refractivity contribution < 1.29 is 19.1 Å². The Labute approximate surface area is 137 Å². The lowest BCUT2D eigenvalue weighted by Crippen LogP contribution is -2.40. The van der Waals surface area contributed by atoms with E-state index in [1.807, 2.05) is 6.92 Å². The summed E-state index contributed by atoms with van der Waals surface area (Å²) in [5, 5.41) is 12.0. The van der Waals surface area contributed by atoms with Crippen LogP contribution in [0.3, 0.4) is 0 Å². The summed E-state index contributed by atoms with van der Waals surface area (Å²) >= 11 is 1.03. The molecule has 2 N–H and O–H groups in total. The van der Waals surface area contributed by atoms with E-state index < -0.39 is 23.7 Å². The molecule has 23 heavy (non-hydrogen) atoms. The maximum Gasteiger partial charge on any atom is 0.326 e. The van der Waals surface area contributed by atoms with Crippen molar-refractivity contribution in [3.63, 3.8) is 0 Å². The summed E-state index contributed by atoms with van der Waals surface area (Å²) in [6.45, 7) is 1.95. The minimum Gasteiger partial charge on any atom is -0.480 e. The number of benzene rings is 1. The van der Waals surface area contributed by atoms with E-state index in [1.54, 1.807) is 18.2 Å². The number of hydrogen-bond acceptors (Lipinski definition) is 4.